The molecule has 28 heavy (non-hydrogen) atoms. The zero-order valence-corrected chi connectivity index (χ0v) is 16.3. The van der Waals surface area contributed by atoms with E-state index < -0.39 is 24.4 Å². The molecule has 3 N–H and O–H groups in total. The zero-order valence-electron chi connectivity index (χ0n) is 16.3. The van der Waals surface area contributed by atoms with E-state index in [9.17, 15) is 19.8 Å². The van der Waals surface area contributed by atoms with Crippen molar-refractivity contribution in [3.05, 3.63) is 35.9 Å². The maximum Gasteiger partial charge on any atom is 0.225 e. The largest absolute Gasteiger partial charge is 0.388 e. The fourth-order valence-corrected chi connectivity index (χ4v) is 3.97. The fourth-order valence-electron chi connectivity index (χ4n) is 3.97. The number of nitrogens with one attached hydrogen (secondary N) is 1. The Morgan fingerprint density at radius 1 is 1.11 bits per heavy atom. The van der Waals surface area contributed by atoms with Crippen LogP contribution in [0.5, 0.6) is 0 Å². The van der Waals surface area contributed by atoms with Crippen LogP contribution < -0.4 is 5.32 Å². The molecule has 2 fully saturated rings. The lowest BCUT2D eigenvalue weighted by atomic mass is 10.0. The smallest absolute Gasteiger partial charge is 0.225 e. The highest BCUT2D eigenvalue weighted by atomic mass is 16.5. The lowest BCUT2D eigenvalue weighted by Gasteiger charge is -2.21. The summed E-state index contributed by atoms with van der Waals surface area (Å²) >= 11 is 0. The van der Waals surface area contributed by atoms with Gasteiger partial charge in [-0.1, -0.05) is 43.2 Å². The van der Waals surface area contributed by atoms with Crippen LogP contribution >= 0.6 is 0 Å². The third kappa shape index (κ3) is 5.10. The number of hydrogen-bond donors (Lipinski definition) is 3. The van der Waals surface area contributed by atoms with E-state index in [1.165, 1.54) is 0 Å². The topological polar surface area (TPSA) is 99.1 Å². The molecular formula is C21H30N2O5. The van der Waals surface area contributed by atoms with Crippen LogP contribution in [-0.2, 0) is 20.9 Å². The second kappa shape index (κ2) is 9.49. The van der Waals surface area contributed by atoms with Gasteiger partial charge in [-0.2, -0.15) is 0 Å². The number of aliphatic hydroxyl groups is 2. The predicted octanol–water partition coefficient (Wildman–Crippen LogP) is 0.831. The van der Waals surface area contributed by atoms with E-state index in [1.807, 2.05) is 30.3 Å². The molecule has 2 aliphatic rings. The molecule has 154 valence electrons. The van der Waals surface area contributed by atoms with Crippen molar-refractivity contribution < 1.29 is 24.5 Å². The van der Waals surface area contributed by atoms with Gasteiger partial charge in [0, 0.05) is 26.1 Å². The SMILES string of the molecule is CN(Cc1ccccc1)C(=O)CC1OC(CNC(=O)C2CCCC2)C(O)C1O. The predicted molar refractivity (Wildman–Crippen MR) is 103 cm³/mol. The van der Waals surface area contributed by atoms with Gasteiger partial charge < -0.3 is 25.2 Å². The van der Waals surface area contributed by atoms with Crippen LogP contribution in [0.3, 0.4) is 0 Å². The molecule has 1 aliphatic carbocycles. The van der Waals surface area contributed by atoms with Crippen LogP contribution in [0, 0.1) is 5.92 Å². The van der Waals surface area contributed by atoms with E-state index in [4.69, 9.17) is 4.74 Å². The molecule has 2 amide bonds. The molecule has 4 atom stereocenters. The van der Waals surface area contributed by atoms with Gasteiger partial charge in [0.1, 0.15) is 18.3 Å². The van der Waals surface area contributed by atoms with E-state index in [0.717, 1.165) is 31.2 Å². The lowest BCUT2D eigenvalue weighted by molar-refractivity contribution is -0.135. The third-order valence-corrected chi connectivity index (χ3v) is 5.73. The Balaban J connectivity index is 1.47. The molecule has 0 bridgehead atoms. The van der Waals surface area contributed by atoms with Crippen molar-refractivity contribution in [3.63, 3.8) is 0 Å². The van der Waals surface area contributed by atoms with Crippen molar-refractivity contribution in [2.45, 2.75) is 63.1 Å². The quantitative estimate of drug-likeness (QED) is 0.641. The first-order valence-corrected chi connectivity index (χ1v) is 10.0. The van der Waals surface area contributed by atoms with E-state index >= 15 is 0 Å². The first-order valence-electron chi connectivity index (χ1n) is 10.0. The number of rotatable bonds is 7. The van der Waals surface area contributed by atoms with E-state index in [0.29, 0.717) is 6.54 Å². The minimum atomic E-state index is -1.15. The van der Waals surface area contributed by atoms with Gasteiger partial charge in [0.25, 0.3) is 0 Å². The molecule has 4 unspecified atom stereocenters. The molecule has 1 heterocycles. The highest BCUT2D eigenvalue weighted by Crippen LogP contribution is 2.26. The summed E-state index contributed by atoms with van der Waals surface area (Å²) < 4.78 is 5.71. The summed E-state index contributed by atoms with van der Waals surface area (Å²) in [5.74, 6) is -0.159. The average molecular weight is 390 g/mol. The Morgan fingerprint density at radius 2 is 1.75 bits per heavy atom. The normalized spacial score (nSPS) is 27.7. The van der Waals surface area contributed by atoms with Gasteiger partial charge in [-0.05, 0) is 18.4 Å². The fraction of sp³-hybridized carbons (Fsp3) is 0.619. The summed E-state index contributed by atoms with van der Waals surface area (Å²) in [7, 11) is 1.70. The Morgan fingerprint density at radius 3 is 2.43 bits per heavy atom. The van der Waals surface area contributed by atoms with Crippen LogP contribution in [0.1, 0.15) is 37.7 Å². The number of carbonyl (C=O) groups excluding carboxylic acids is 2. The first kappa shape index (κ1) is 20.8. The first-order chi connectivity index (χ1) is 13.5. The standard InChI is InChI=1S/C21H30N2O5/c1-23(13-14-7-3-2-4-8-14)18(24)11-16-19(25)20(26)17(28-16)12-22-21(27)15-9-5-6-10-15/h2-4,7-8,15-17,19-20,25-26H,5-6,9-13H2,1H3,(H,22,27). The van der Waals surface area contributed by atoms with Gasteiger partial charge >= 0.3 is 0 Å². The number of ether oxygens (including phenoxy) is 1. The highest BCUT2D eigenvalue weighted by Gasteiger charge is 2.43. The van der Waals surface area contributed by atoms with Crippen LogP contribution in [0.25, 0.3) is 0 Å². The minimum Gasteiger partial charge on any atom is -0.388 e. The molecule has 7 nitrogen and oxygen atoms in total. The number of aliphatic hydroxyl groups excluding tert-OH is 2. The molecular weight excluding hydrogens is 360 g/mol. The number of carbonyl (C=O) groups is 2. The zero-order chi connectivity index (χ0) is 20.1. The summed E-state index contributed by atoms with van der Waals surface area (Å²) in [5.41, 5.74) is 1.01. The Kier molecular flexibility index (Phi) is 7.04. The van der Waals surface area contributed by atoms with Crippen LogP contribution in [-0.4, -0.2) is 64.9 Å². The maximum atomic E-state index is 12.5. The van der Waals surface area contributed by atoms with Gasteiger partial charge in [-0.3, -0.25) is 9.59 Å². The number of amides is 2. The Labute approximate surface area is 165 Å². The Hall–Kier alpha value is -1.96. The third-order valence-electron chi connectivity index (χ3n) is 5.73. The van der Waals surface area contributed by atoms with Crippen molar-refractivity contribution in [2.24, 2.45) is 5.92 Å². The summed E-state index contributed by atoms with van der Waals surface area (Å²) in [6.45, 7) is 0.601. The molecule has 1 aromatic rings. The van der Waals surface area contributed by atoms with Crippen molar-refractivity contribution in [1.29, 1.82) is 0 Å². The van der Waals surface area contributed by atoms with Crippen molar-refractivity contribution >= 4 is 11.8 Å². The Bertz CT molecular complexity index is 662. The maximum absolute atomic E-state index is 12.5. The van der Waals surface area contributed by atoms with E-state index in [2.05, 4.69) is 5.32 Å². The molecule has 0 aromatic heterocycles. The number of hydrogen-bond acceptors (Lipinski definition) is 5. The molecule has 7 heteroatoms. The van der Waals surface area contributed by atoms with Gasteiger partial charge in [-0.25, -0.2) is 0 Å². The molecule has 1 saturated carbocycles. The average Bonchev–Trinajstić information content (AvgIpc) is 3.32. The summed E-state index contributed by atoms with van der Waals surface area (Å²) in [6, 6.07) is 9.63. The van der Waals surface area contributed by atoms with Gasteiger partial charge in [0.2, 0.25) is 11.8 Å². The summed E-state index contributed by atoms with van der Waals surface area (Å²) in [6.07, 6.45) is 0.144. The highest BCUT2D eigenvalue weighted by molar-refractivity contribution is 5.79. The molecule has 3 rings (SSSR count). The monoisotopic (exact) mass is 390 g/mol. The lowest BCUT2D eigenvalue weighted by Crippen LogP contribution is -2.41. The number of benzene rings is 1. The van der Waals surface area contributed by atoms with E-state index in [1.54, 1.807) is 11.9 Å². The second-order valence-corrected chi connectivity index (χ2v) is 7.86. The van der Waals surface area contributed by atoms with E-state index in [-0.39, 0.29) is 30.7 Å². The minimum absolute atomic E-state index is 0.0192. The van der Waals surface area contributed by atoms with Crippen LogP contribution in [0.15, 0.2) is 30.3 Å². The van der Waals surface area contributed by atoms with Crippen LogP contribution in [0.2, 0.25) is 0 Å². The van der Waals surface area contributed by atoms with Crippen molar-refractivity contribution in [2.75, 3.05) is 13.6 Å². The van der Waals surface area contributed by atoms with Gasteiger partial charge in [-0.15, -0.1) is 0 Å². The van der Waals surface area contributed by atoms with Crippen molar-refractivity contribution in [3.8, 4) is 0 Å². The van der Waals surface area contributed by atoms with Crippen molar-refractivity contribution in [1.82, 2.24) is 10.2 Å². The van der Waals surface area contributed by atoms with Crippen LogP contribution in [0.4, 0.5) is 0 Å². The second-order valence-electron chi connectivity index (χ2n) is 7.86. The summed E-state index contributed by atoms with van der Waals surface area (Å²) in [5, 5.41) is 23.3. The molecule has 0 spiro atoms. The molecule has 0 radical (unpaired) electrons. The van der Waals surface area contributed by atoms with Gasteiger partial charge in [0.05, 0.1) is 12.5 Å². The molecule has 1 saturated heterocycles. The number of nitrogens with zero attached hydrogens (tertiary/aromatic N) is 1. The molecule has 1 aliphatic heterocycles. The summed E-state index contributed by atoms with van der Waals surface area (Å²) in [4.78, 5) is 26.2. The molecule has 1 aromatic carbocycles. The van der Waals surface area contributed by atoms with Gasteiger partial charge in [0.15, 0.2) is 0 Å².